The molecule has 0 unspecified atom stereocenters. The van der Waals surface area contributed by atoms with Crippen LogP contribution in [0.4, 0.5) is 0 Å². The van der Waals surface area contributed by atoms with Gasteiger partial charge in [0.15, 0.2) is 11.7 Å². The molecule has 3 N–H and O–H groups in total. The Morgan fingerprint density at radius 1 is 0.906 bits per heavy atom. The lowest BCUT2D eigenvalue weighted by molar-refractivity contribution is -0.123. The molecule has 0 radical (unpaired) electrons. The van der Waals surface area contributed by atoms with Gasteiger partial charge < -0.3 is 9.47 Å². The number of thiocarbonyl (C=S) groups is 1. The maximum absolute atomic E-state index is 12.6. The van der Waals surface area contributed by atoms with Crippen molar-refractivity contribution in [2.45, 2.75) is 46.5 Å². The monoisotopic (exact) mass is 457 g/mol. The SMILES string of the molecule is CCCCCCOc1ccccc1C(=O)NC(=S)NNC(=O)COc1c(C)cccc1C. The smallest absolute Gasteiger partial charge is 0.276 e. The Morgan fingerprint density at radius 2 is 1.62 bits per heavy atom. The van der Waals surface area contributed by atoms with Crippen LogP contribution in [0.2, 0.25) is 0 Å². The highest BCUT2D eigenvalue weighted by Gasteiger charge is 2.14. The number of rotatable bonds is 10. The fraction of sp³-hybridized carbons (Fsp3) is 0.375. The van der Waals surface area contributed by atoms with Gasteiger partial charge in [0.25, 0.3) is 11.8 Å². The number of hydrogen-bond donors (Lipinski definition) is 3. The molecule has 172 valence electrons. The number of unbranched alkanes of at least 4 members (excludes halogenated alkanes) is 3. The summed E-state index contributed by atoms with van der Waals surface area (Å²) in [6.07, 6.45) is 4.33. The van der Waals surface area contributed by atoms with Crippen LogP contribution in [0.25, 0.3) is 0 Å². The third kappa shape index (κ3) is 8.19. The zero-order valence-electron chi connectivity index (χ0n) is 18.8. The average Bonchev–Trinajstić information content (AvgIpc) is 2.77. The Morgan fingerprint density at radius 3 is 2.34 bits per heavy atom. The van der Waals surface area contributed by atoms with Gasteiger partial charge in [0, 0.05) is 0 Å². The number of amides is 2. The zero-order chi connectivity index (χ0) is 23.3. The number of carbonyl (C=O) groups is 2. The summed E-state index contributed by atoms with van der Waals surface area (Å²) in [6.45, 7) is 6.33. The first-order valence-electron chi connectivity index (χ1n) is 10.7. The van der Waals surface area contributed by atoms with Crippen molar-refractivity contribution < 1.29 is 19.1 Å². The molecule has 0 aromatic heterocycles. The van der Waals surface area contributed by atoms with Crippen LogP contribution in [0, 0.1) is 13.8 Å². The van der Waals surface area contributed by atoms with Gasteiger partial charge in [-0.05, 0) is 55.7 Å². The van der Waals surface area contributed by atoms with Crippen molar-refractivity contribution in [1.82, 2.24) is 16.2 Å². The first kappa shape index (κ1) is 25.1. The standard InChI is InChI=1S/C24H31N3O4S/c1-4-5-6-9-15-30-20-14-8-7-13-19(20)23(29)25-24(32)27-26-21(28)16-31-22-17(2)11-10-12-18(22)3/h7-8,10-14H,4-6,9,15-16H2,1-3H3,(H,26,28)(H2,25,27,29,32). The third-order valence-corrected chi connectivity index (χ3v) is 4.89. The Bertz CT molecular complexity index is 913. The number of aryl methyl sites for hydroxylation is 2. The second kappa shape index (κ2) is 13.3. The molecule has 7 nitrogen and oxygen atoms in total. The lowest BCUT2D eigenvalue weighted by Gasteiger charge is -2.14. The summed E-state index contributed by atoms with van der Waals surface area (Å²) < 4.78 is 11.4. The lowest BCUT2D eigenvalue weighted by Crippen LogP contribution is -2.49. The normalized spacial score (nSPS) is 10.2. The largest absolute Gasteiger partial charge is 0.493 e. The van der Waals surface area contributed by atoms with E-state index in [9.17, 15) is 9.59 Å². The van der Waals surface area contributed by atoms with E-state index in [-0.39, 0.29) is 11.7 Å². The molecule has 0 saturated carbocycles. The summed E-state index contributed by atoms with van der Waals surface area (Å²) in [7, 11) is 0. The molecule has 0 bridgehead atoms. The fourth-order valence-corrected chi connectivity index (χ4v) is 3.16. The van der Waals surface area contributed by atoms with Gasteiger partial charge in [0.2, 0.25) is 0 Å². The molecule has 0 heterocycles. The highest BCUT2D eigenvalue weighted by Crippen LogP contribution is 2.22. The molecular weight excluding hydrogens is 426 g/mol. The van der Waals surface area contributed by atoms with Gasteiger partial charge in [0.1, 0.15) is 11.5 Å². The molecule has 0 aliphatic rings. The minimum Gasteiger partial charge on any atom is -0.493 e. The molecule has 2 amide bonds. The van der Waals surface area contributed by atoms with E-state index in [1.165, 1.54) is 0 Å². The van der Waals surface area contributed by atoms with Gasteiger partial charge >= 0.3 is 0 Å². The van der Waals surface area contributed by atoms with Crippen LogP contribution in [-0.4, -0.2) is 30.1 Å². The van der Waals surface area contributed by atoms with E-state index in [4.69, 9.17) is 21.7 Å². The summed E-state index contributed by atoms with van der Waals surface area (Å²) in [6, 6.07) is 12.7. The van der Waals surface area contributed by atoms with E-state index in [1.807, 2.05) is 38.1 Å². The number of nitrogens with one attached hydrogen (secondary N) is 3. The van der Waals surface area contributed by atoms with Gasteiger partial charge in [0.05, 0.1) is 12.2 Å². The molecule has 0 fully saturated rings. The summed E-state index contributed by atoms with van der Waals surface area (Å²) >= 11 is 5.11. The molecule has 2 aromatic carbocycles. The molecule has 0 aliphatic carbocycles. The van der Waals surface area contributed by atoms with Gasteiger partial charge in [-0.1, -0.05) is 56.5 Å². The molecular formula is C24H31N3O4S. The van der Waals surface area contributed by atoms with E-state index in [0.717, 1.165) is 36.8 Å². The Kier molecular flexibility index (Phi) is 10.5. The molecule has 32 heavy (non-hydrogen) atoms. The first-order valence-corrected chi connectivity index (χ1v) is 11.1. The molecule has 8 heteroatoms. The molecule has 2 rings (SSSR count). The van der Waals surface area contributed by atoms with Crippen LogP contribution in [-0.2, 0) is 4.79 Å². The van der Waals surface area contributed by atoms with E-state index in [0.29, 0.717) is 23.7 Å². The Labute approximate surface area is 194 Å². The number of hydrazine groups is 1. The molecule has 0 aliphatic heterocycles. The van der Waals surface area contributed by atoms with Crippen molar-refractivity contribution >= 4 is 29.1 Å². The lowest BCUT2D eigenvalue weighted by atomic mass is 10.1. The number of carbonyl (C=O) groups excluding carboxylic acids is 2. The predicted octanol–water partition coefficient (Wildman–Crippen LogP) is 3.98. The van der Waals surface area contributed by atoms with Crippen molar-refractivity contribution in [1.29, 1.82) is 0 Å². The van der Waals surface area contributed by atoms with E-state index in [2.05, 4.69) is 23.1 Å². The van der Waals surface area contributed by atoms with Crippen LogP contribution in [0.15, 0.2) is 42.5 Å². The van der Waals surface area contributed by atoms with Gasteiger partial charge in [-0.25, -0.2) is 0 Å². The molecule has 2 aromatic rings. The van der Waals surface area contributed by atoms with E-state index < -0.39 is 11.8 Å². The minimum atomic E-state index is -0.430. The quantitative estimate of drug-likeness (QED) is 0.284. The summed E-state index contributed by atoms with van der Waals surface area (Å²) in [5.41, 5.74) is 7.19. The Balaban J connectivity index is 1.79. The second-order valence-electron chi connectivity index (χ2n) is 7.37. The van der Waals surface area contributed by atoms with Crippen LogP contribution in [0.5, 0.6) is 11.5 Å². The highest BCUT2D eigenvalue weighted by molar-refractivity contribution is 7.80. The number of ether oxygens (including phenoxy) is 2. The maximum Gasteiger partial charge on any atom is 0.276 e. The summed E-state index contributed by atoms with van der Waals surface area (Å²) in [5.74, 6) is 0.313. The van der Waals surface area contributed by atoms with Crippen LogP contribution < -0.4 is 25.6 Å². The first-order chi connectivity index (χ1) is 15.4. The molecule has 0 atom stereocenters. The fourth-order valence-electron chi connectivity index (χ4n) is 3.02. The number of hydrogen-bond acceptors (Lipinski definition) is 5. The zero-order valence-corrected chi connectivity index (χ0v) is 19.6. The van der Waals surface area contributed by atoms with Crippen LogP contribution >= 0.6 is 12.2 Å². The van der Waals surface area contributed by atoms with Crippen molar-refractivity contribution in [3.8, 4) is 11.5 Å². The third-order valence-electron chi connectivity index (χ3n) is 4.69. The van der Waals surface area contributed by atoms with Crippen molar-refractivity contribution in [3.63, 3.8) is 0 Å². The number of para-hydroxylation sites is 2. The topological polar surface area (TPSA) is 88.7 Å². The van der Waals surface area contributed by atoms with Crippen LogP contribution in [0.1, 0.15) is 54.1 Å². The second-order valence-corrected chi connectivity index (χ2v) is 7.78. The van der Waals surface area contributed by atoms with E-state index in [1.54, 1.807) is 18.2 Å². The Hall–Kier alpha value is -3.13. The summed E-state index contributed by atoms with van der Waals surface area (Å²) in [5, 5.41) is 2.51. The van der Waals surface area contributed by atoms with E-state index >= 15 is 0 Å². The predicted molar refractivity (Wildman–Crippen MR) is 129 cm³/mol. The van der Waals surface area contributed by atoms with Crippen LogP contribution in [0.3, 0.4) is 0 Å². The van der Waals surface area contributed by atoms with Crippen molar-refractivity contribution in [2.24, 2.45) is 0 Å². The highest BCUT2D eigenvalue weighted by atomic mass is 32.1. The molecule has 0 spiro atoms. The number of benzene rings is 2. The van der Waals surface area contributed by atoms with Gasteiger partial charge in [-0.3, -0.25) is 25.8 Å². The maximum atomic E-state index is 12.6. The molecule has 0 saturated heterocycles. The van der Waals surface area contributed by atoms with Gasteiger partial charge in [-0.2, -0.15) is 0 Å². The van der Waals surface area contributed by atoms with Crippen molar-refractivity contribution in [3.05, 3.63) is 59.2 Å². The van der Waals surface area contributed by atoms with Gasteiger partial charge in [-0.15, -0.1) is 0 Å². The average molecular weight is 458 g/mol. The summed E-state index contributed by atoms with van der Waals surface area (Å²) in [4.78, 5) is 24.6. The van der Waals surface area contributed by atoms with Crippen molar-refractivity contribution in [2.75, 3.05) is 13.2 Å². The minimum absolute atomic E-state index is 0.0341.